The van der Waals surface area contributed by atoms with Crippen molar-refractivity contribution in [3.63, 3.8) is 0 Å². The third-order valence-corrected chi connectivity index (χ3v) is 7.82. The second-order valence-electron chi connectivity index (χ2n) is 9.05. The number of rotatable bonds is 15. The largest absolute Gasteiger partial charge is 0.494 e. The van der Waals surface area contributed by atoms with Gasteiger partial charge in [-0.25, -0.2) is 0 Å². The molecule has 204 valence electrons. The van der Waals surface area contributed by atoms with Gasteiger partial charge in [0.15, 0.2) is 0 Å². The van der Waals surface area contributed by atoms with Crippen molar-refractivity contribution in [2.24, 2.45) is 0 Å². The second kappa shape index (κ2) is 16.1. The number of hydrogen-bond acceptors (Lipinski definition) is 3. The summed E-state index contributed by atoms with van der Waals surface area (Å²) in [5.41, 5.74) is 6.92. The van der Waals surface area contributed by atoms with Crippen molar-refractivity contribution in [1.29, 1.82) is 0 Å². The van der Waals surface area contributed by atoms with Crippen LogP contribution < -0.4 is 14.2 Å². The zero-order chi connectivity index (χ0) is 27.3. The van der Waals surface area contributed by atoms with Crippen molar-refractivity contribution in [2.45, 2.75) is 19.3 Å². The van der Waals surface area contributed by atoms with Crippen LogP contribution >= 0.6 is 47.8 Å². The topological polar surface area (TPSA) is 27.7 Å². The average molecular weight is 717 g/mol. The Morgan fingerprint density at radius 2 is 0.615 bits per heavy atom. The summed E-state index contributed by atoms with van der Waals surface area (Å²) in [7, 11) is 0. The molecular formula is C33H33Br3O3. The van der Waals surface area contributed by atoms with E-state index in [1.807, 2.05) is 36.4 Å². The Hall–Kier alpha value is -2.28. The molecule has 0 fully saturated rings. The molecule has 0 aliphatic heterocycles. The van der Waals surface area contributed by atoms with Gasteiger partial charge in [-0.3, -0.25) is 0 Å². The minimum Gasteiger partial charge on any atom is -0.494 e. The highest BCUT2D eigenvalue weighted by Gasteiger charge is 2.09. The van der Waals surface area contributed by atoms with Gasteiger partial charge in [0.25, 0.3) is 0 Å². The standard InChI is InChI=1S/C33H33Br3O3/c34-16-1-19-37-31-10-4-25(5-11-31)28-22-29(26-6-12-32(13-7-26)38-20-2-17-35)24-30(23-28)27-8-14-33(15-9-27)39-21-3-18-36/h4-15,22-24H,1-3,16-21H2. The highest BCUT2D eigenvalue weighted by atomic mass is 79.9. The summed E-state index contributed by atoms with van der Waals surface area (Å²) in [6.45, 7) is 2.11. The highest BCUT2D eigenvalue weighted by Crippen LogP contribution is 2.34. The molecule has 4 aromatic rings. The summed E-state index contributed by atoms with van der Waals surface area (Å²) in [5, 5.41) is 2.82. The molecule has 0 N–H and O–H groups in total. The number of ether oxygens (including phenoxy) is 3. The van der Waals surface area contributed by atoms with Crippen LogP contribution in [-0.2, 0) is 0 Å². The van der Waals surface area contributed by atoms with Crippen molar-refractivity contribution >= 4 is 47.8 Å². The van der Waals surface area contributed by atoms with E-state index in [1.165, 1.54) is 0 Å². The third kappa shape index (κ3) is 9.12. The summed E-state index contributed by atoms with van der Waals surface area (Å²) >= 11 is 10.4. The maximum atomic E-state index is 5.86. The van der Waals surface area contributed by atoms with E-state index in [0.717, 1.165) is 85.9 Å². The van der Waals surface area contributed by atoms with Gasteiger partial charge in [0.1, 0.15) is 17.2 Å². The molecule has 0 saturated carbocycles. The molecule has 0 aromatic heterocycles. The van der Waals surface area contributed by atoms with E-state index in [0.29, 0.717) is 19.8 Å². The number of halogens is 3. The van der Waals surface area contributed by atoms with Crippen LogP contribution in [-0.4, -0.2) is 35.8 Å². The maximum Gasteiger partial charge on any atom is 0.119 e. The van der Waals surface area contributed by atoms with Gasteiger partial charge in [0, 0.05) is 16.0 Å². The first-order valence-corrected chi connectivity index (χ1v) is 16.6. The molecule has 4 rings (SSSR count). The molecule has 0 amide bonds. The average Bonchev–Trinajstić information content (AvgIpc) is 2.98. The van der Waals surface area contributed by atoms with Gasteiger partial charge in [-0.05, 0) is 107 Å². The Morgan fingerprint density at radius 3 is 0.846 bits per heavy atom. The Bertz CT molecular complexity index is 1100. The van der Waals surface area contributed by atoms with Gasteiger partial charge < -0.3 is 14.2 Å². The minimum atomic E-state index is 0.704. The van der Waals surface area contributed by atoms with E-state index < -0.39 is 0 Å². The predicted octanol–water partition coefficient (Wildman–Crippen LogP) is 10.2. The molecule has 0 atom stereocenters. The Labute approximate surface area is 257 Å². The van der Waals surface area contributed by atoms with Crippen LogP contribution in [0.1, 0.15) is 19.3 Å². The van der Waals surface area contributed by atoms with Crippen LogP contribution in [0.2, 0.25) is 0 Å². The van der Waals surface area contributed by atoms with E-state index in [9.17, 15) is 0 Å². The van der Waals surface area contributed by atoms with Crippen molar-refractivity contribution in [2.75, 3.05) is 35.8 Å². The van der Waals surface area contributed by atoms with Crippen LogP contribution in [0.3, 0.4) is 0 Å². The third-order valence-electron chi connectivity index (χ3n) is 6.14. The molecule has 0 radical (unpaired) electrons. The summed E-state index contributed by atoms with van der Waals surface area (Å²) in [5.74, 6) is 2.67. The fourth-order valence-electron chi connectivity index (χ4n) is 4.09. The van der Waals surface area contributed by atoms with E-state index in [-0.39, 0.29) is 0 Å². The number of hydrogen-bond donors (Lipinski definition) is 0. The van der Waals surface area contributed by atoms with Crippen molar-refractivity contribution in [1.82, 2.24) is 0 Å². The molecule has 0 bridgehead atoms. The molecular weight excluding hydrogens is 684 g/mol. The molecule has 0 heterocycles. The molecule has 0 saturated heterocycles. The summed E-state index contributed by atoms with van der Waals surface area (Å²) in [6.07, 6.45) is 2.94. The Morgan fingerprint density at radius 1 is 0.359 bits per heavy atom. The zero-order valence-electron chi connectivity index (χ0n) is 21.9. The maximum absolute atomic E-state index is 5.86. The first-order chi connectivity index (χ1) is 19.2. The van der Waals surface area contributed by atoms with Crippen molar-refractivity contribution in [3.8, 4) is 50.6 Å². The molecule has 4 aromatic carbocycles. The summed E-state index contributed by atoms with van der Waals surface area (Å²) < 4.78 is 17.6. The van der Waals surface area contributed by atoms with Crippen LogP contribution in [0.15, 0.2) is 91.0 Å². The van der Waals surface area contributed by atoms with E-state index in [1.54, 1.807) is 0 Å². The predicted molar refractivity (Wildman–Crippen MR) is 174 cm³/mol. The van der Waals surface area contributed by atoms with Gasteiger partial charge in [0.2, 0.25) is 0 Å². The monoisotopic (exact) mass is 714 g/mol. The summed E-state index contributed by atoms with van der Waals surface area (Å²) in [6, 6.07) is 31.9. The molecule has 0 aliphatic rings. The van der Waals surface area contributed by atoms with Crippen molar-refractivity contribution < 1.29 is 14.2 Å². The smallest absolute Gasteiger partial charge is 0.119 e. The molecule has 0 unspecified atom stereocenters. The second-order valence-corrected chi connectivity index (χ2v) is 11.4. The minimum absolute atomic E-state index is 0.704. The van der Waals surface area contributed by atoms with Gasteiger partial charge in [-0.2, -0.15) is 0 Å². The highest BCUT2D eigenvalue weighted by molar-refractivity contribution is 9.09. The van der Waals surface area contributed by atoms with Crippen LogP contribution in [0, 0.1) is 0 Å². The van der Waals surface area contributed by atoms with Crippen LogP contribution in [0.4, 0.5) is 0 Å². The van der Waals surface area contributed by atoms with E-state index in [4.69, 9.17) is 14.2 Å². The lowest BCUT2D eigenvalue weighted by atomic mass is 9.93. The van der Waals surface area contributed by atoms with Gasteiger partial charge in [0.05, 0.1) is 19.8 Å². The molecule has 0 aliphatic carbocycles. The van der Waals surface area contributed by atoms with Crippen LogP contribution in [0.5, 0.6) is 17.2 Å². The van der Waals surface area contributed by atoms with Gasteiger partial charge in [-0.15, -0.1) is 0 Å². The fourth-order valence-corrected chi connectivity index (χ4v) is 4.78. The molecule has 6 heteroatoms. The first-order valence-electron chi connectivity index (χ1n) is 13.2. The van der Waals surface area contributed by atoms with Crippen LogP contribution in [0.25, 0.3) is 33.4 Å². The normalized spacial score (nSPS) is 10.8. The fraction of sp³-hybridized carbons (Fsp3) is 0.273. The lowest BCUT2D eigenvalue weighted by Crippen LogP contribution is -1.97. The SMILES string of the molecule is BrCCCOc1ccc(-c2cc(-c3ccc(OCCCBr)cc3)cc(-c3ccc(OCCCBr)cc3)c2)cc1. The Kier molecular flexibility index (Phi) is 12.3. The van der Waals surface area contributed by atoms with E-state index in [2.05, 4.69) is 102 Å². The first kappa shape index (κ1) is 29.7. The lowest BCUT2D eigenvalue weighted by Gasteiger charge is -2.13. The zero-order valence-corrected chi connectivity index (χ0v) is 26.6. The van der Waals surface area contributed by atoms with Gasteiger partial charge in [-0.1, -0.05) is 84.2 Å². The van der Waals surface area contributed by atoms with Gasteiger partial charge >= 0.3 is 0 Å². The van der Waals surface area contributed by atoms with E-state index >= 15 is 0 Å². The number of alkyl halides is 3. The molecule has 3 nitrogen and oxygen atoms in total. The lowest BCUT2D eigenvalue weighted by molar-refractivity contribution is 0.319. The summed E-state index contributed by atoms with van der Waals surface area (Å²) in [4.78, 5) is 0. The Balaban J connectivity index is 1.64. The molecule has 0 spiro atoms. The molecule has 39 heavy (non-hydrogen) atoms. The number of benzene rings is 4. The quantitative estimate of drug-likeness (QED) is 0.0906. The van der Waals surface area contributed by atoms with Crippen molar-refractivity contribution in [3.05, 3.63) is 91.0 Å².